The van der Waals surface area contributed by atoms with Crippen molar-refractivity contribution in [1.82, 2.24) is 0 Å². The van der Waals surface area contributed by atoms with Crippen molar-refractivity contribution in [1.29, 1.82) is 0 Å². The standard InChI is InChI=1S/C15H15F2NO/c1-10-2-5-14(11(8-10)6-7-18)19-15-9-12(16)3-4-13(15)17/h2-5,8-9H,6-7,18H2,1H3. The third-order valence-corrected chi connectivity index (χ3v) is 2.74. The lowest BCUT2D eigenvalue weighted by molar-refractivity contribution is 0.432. The molecule has 0 saturated carbocycles. The van der Waals surface area contributed by atoms with Crippen molar-refractivity contribution >= 4 is 0 Å². The summed E-state index contributed by atoms with van der Waals surface area (Å²) in [6.45, 7) is 2.41. The molecule has 0 unspecified atom stereocenters. The SMILES string of the molecule is Cc1ccc(Oc2cc(F)ccc2F)c(CCN)c1. The van der Waals surface area contributed by atoms with Gasteiger partial charge in [-0.1, -0.05) is 17.7 Å². The van der Waals surface area contributed by atoms with Gasteiger partial charge in [-0.2, -0.15) is 0 Å². The number of ether oxygens (including phenoxy) is 1. The van der Waals surface area contributed by atoms with E-state index in [1.807, 2.05) is 19.1 Å². The Kier molecular flexibility index (Phi) is 4.12. The molecule has 2 rings (SSSR count). The summed E-state index contributed by atoms with van der Waals surface area (Å²) in [5.41, 5.74) is 7.48. The molecule has 19 heavy (non-hydrogen) atoms. The molecule has 2 aromatic rings. The van der Waals surface area contributed by atoms with Crippen molar-refractivity contribution in [2.45, 2.75) is 13.3 Å². The second-order valence-corrected chi connectivity index (χ2v) is 4.33. The Morgan fingerprint density at radius 1 is 1.05 bits per heavy atom. The van der Waals surface area contributed by atoms with Crippen LogP contribution in [0.5, 0.6) is 11.5 Å². The van der Waals surface area contributed by atoms with Crippen LogP contribution in [0, 0.1) is 18.6 Å². The number of hydrogen-bond donors (Lipinski definition) is 1. The van der Waals surface area contributed by atoms with Gasteiger partial charge in [0.15, 0.2) is 11.6 Å². The van der Waals surface area contributed by atoms with Gasteiger partial charge in [-0.15, -0.1) is 0 Å². The van der Waals surface area contributed by atoms with Gasteiger partial charge in [0.2, 0.25) is 0 Å². The highest BCUT2D eigenvalue weighted by Crippen LogP contribution is 2.29. The maximum atomic E-state index is 13.5. The van der Waals surface area contributed by atoms with Crippen LogP contribution in [0.1, 0.15) is 11.1 Å². The minimum absolute atomic E-state index is 0.123. The third kappa shape index (κ3) is 3.29. The van der Waals surface area contributed by atoms with Crippen molar-refractivity contribution in [3.05, 3.63) is 59.2 Å². The van der Waals surface area contributed by atoms with Crippen molar-refractivity contribution < 1.29 is 13.5 Å². The third-order valence-electron chi connectivity index (χ3n) is 2.74. The van der Waals surface area contributed by atoms with E-state index in [-0.39, 0.29) is 5.75 Å². The van der Waals surface area contributed by atoms with Crippen molar-refractivity contribution in [2.24, 2.45) is 5.73 Å². The topological polar surface area (TPSA) is 35.2 Å². The smallest absolute Gasteiger partial charge is 0.165 e. The van der Waals surface area contributed by atoms with Crippen molar-refractivity contribution in [3.8, 4) is 11.5 Å². The summed E-state index contributed by atoms with van der Waals surface area (Å²) in [5, 5.41) is 0. The predicted molar refractivity (Wildman–Crippen MR) is 70.4 cm³/mol. The maximum Gasteiger partial charge on any atom is 0.165 e. The molecule has 0 bridgehead atoms. The van der Waals surface area contributed by atoms with E-state index in [2.05, 4.69) is 0 Å². The minimum atomic E-state index is -0.597. The van der Waals surface area contributed by atoms with Crippen LogP contribution in [-0.4, -0.2) is 6.54 Å². The van der Waals surface area contributed by atoms with Crippen molar-refractivity contribution in [2.75, 3.05) is 6.54 Å². The molecule has 0 atom stereocenters. The quantitative estimate of drug-likeness (QED) is 0.915. The second kappa shape index (κ2) is 5.80. The summed E-state index contributed by atoms with van der Waals surface area (Å²) >= 11 is 0. The predicted octanol–water partition coefficient (Wildman–Crippen LogP) is 3.57. The van der Waals surface area contributed by atoms with Gasteiger partial charge >= 0.3 is 0 Å². The first-order valence-electron chi connectivity index (χ1n) is 6.02. The Balaban J connectivity index is 2.34. The molecule has 100 valence electrons. The Labute approximate surface area is 110 Å². The van der Waals surface area contributed by atoms with E-state index in [0.29, 0.717) is 18.7 Å². The summed E-state index contributed by atoms with van der Waals surface area (Å²) in [4.78, 5) is 0. The van der Waals surface area contributed by atoms with Gasteiger partial charge in [-0.3, -0.25) is 0 Å². The fraction of sp³-hybridized carbons (Fsp3) is 0.200. The van der Waals surface area contributed by atoms with Gasteiger partial charge < -0.3 is 10.5 Å². The van der Waals surface area contributed by atoms with Gasteiger partial charge in [-0.25, -0.2) is 8.78 Å². The van der Waals surface area contributed by atoms with Crippen LogP contribution in [0.4, 0.5) is 8.78 Å². The molecule has 4 heteroatoms. The number of halogens is 2. The minimum Gasteiger partial charge on any atom is -0.454 e. The van der Waals surface area contributed by atoms with Gasteiger partial charge in [0, 0.05) is 6.07 Å². The fourth-order valence-electron chi connectivity index (χ4n) is 1.83. The fourth-order valence-corrected chi connectivity index (χ4v) is 1.83. The van der Waals surface area contributed by atoms with E-state index in [4.69, 9.17) is 10.5 Å². The molecule has 2 nitrogen and oxygen atoms in total. The molecule has 0 aliphatic carbocycles. The molecular formula is C15H15F2NO. The van der Waals surface area contributed by atoms with Crippen LogP contribution in [0.3, 0.4) is 0 Å². The van der Waals surface area contributed by atoms with Gasteiger partial charge in [0.05, 0.1) is 0 Å². The molecule has 2 N–H and O–H groups in total. The summed E-state index contributed by atoms with van der Waals surface area (Å²) in [6.07, 6.45) is 0.619. The van der Waals surface area contributed by atoms with E-state index in [0.717, 1.165) is 29.3 Å². The first-order valence-corrected chi connectivity index (χ1v) is 6.02. The zero-order valence-corrected chi connectivity index (χ0v) is 10.6. The highest BCUT2D eigenvalue weighted by atomic mass is 19.1. The molecule has 2 aromatic carbocycles. The normalized spacial score (nSPS) is 10.5. The van der Waals surface area contributed by atoms with Crippen LogP contribution in [0.25, 0.3) is 0 Å². The zero-order valence-electron chi connectivity index (χ0n) is 10.6. The molecule has 0 aliphatic rings. The van der Waals surface area contributed by atoms with Gasteiger partial charge in [0.25, 0.3) is 0 Å². The first-order chi connectivity index (χ1) is 9.10. The summed E-state index contributed by atoms with van der Waals surface area (Å²) < 4.78 is 32.1. The van der Waals surface area contributed by atoms with Crippen LogP contribution >= 0.6 is 0 Å². The zero-order chi connectivity index (χ0) is 13.8. The van der Waals surface area contributed by atoms with E-state index < -0.39 is 11.6 Å². The lowest BCUT2D eigenvalue weighted by Crippen LogP contribution is -2.04. The second-order valence-electron chi connectivity index (χ2n) is 4.33. The number of benzene rings is 2. The lowest BCUT2D eigenvalue weighted by Gasteiger charge is -2.12. The summed E-state index contributed by atoms with van der Waals surface area (Å²) in [5.74, 6) is -0.757. The Hall–Kier alpha value is -1.94. The molecule has 0 aromatic heterocycles. The number of aryl methyl sites for hydroxylation is 1. The van der Waals surface area contributed by atoms with Crippen LogP contribution in [0.15, 0.2) is 36.4 Å². The molecule has 0 aliphatic heterocycles. The lowest BCUT2D eigenvalue weighted by atomic mass is 10.1. The maximum absolute atomic E-state index is 13.5. The van der Waals surface area contributed by atoms with E-state index in [9.17, 15) is 8.78 Å². The highest BCUT2D eigenvalue weighted by Gasteiger charge is 2.09. The molecule has 0 saturated heterocycles. The van der Waals surface area contributed by atoms with E-state index >= 15 is 0 Å². The van der Waals surface area contributed by atoms with Crippen LogP contribution in [0.2, 0.25) is 0 Å². The number of rotatable bonds is 4. The first kappa shape index (κ1) is 13.5. The average Bonchev–Trinajstić information content (AvgIpc) is 2.37. The highest BCUT2D eigenvalue weighted by molar-refractivity contribution is 5.41. The molecule has 0 heterocycles. The van der Waals surface area contributed by atoms with E-state index in [1.54, 1.807) is 6.07 Å². The summed E-state index contributed by atoms with van der Waals surface area (Å²) in [6, 6.07) is 8.65. The largest absolute Gasteiger partial charge is 0.454 e. The average molecular weight is 263 g/mol. The molecule has 0 amide bonds. The molecule has 0 spiro atoms. The van der Waals surface area contributed by atoms with Crippen molar-refractivity contribution in [3.63, 3.8) is 0 Å². The molecule has 0 fully saturated rings. The van der Waals surface area contributed by atoms with Gasteiger partial charge in [-0.05, 0) is 43.7 Å². The Morgan fingerprint density at radius 2 is 1.84 bits per heavy atom. The van der Waals surface area contributed by atoms with Crippen LogP contribution in [-0.2, 0) is 6.42 Å². The Bertz CT molecular complexity index is 584. The van der Waals surface area contributed by atoms with Gasteiger partial charge in [0.1, 0.15) is 11.6 Å². The van der Waals surface area contributed by atoms with E-state index in [1.165, 1.54) is 0 Å². The Morgan fingerprint density at radius 3 is 2.58 bits per heavy atom. The van der Waals surface area contributed by atoms with Crippen LogP contribution < -0.4 is 10.5 Å². The molecule has 0 radical (unpaired) electrons. The number of hydrogen-bond acceptors (Lipinski definition) is 2. The number of nitrogens with two attached hydrogens (primary N) is 1. The monoisotopic (exact) mass is 263 g/mol. The molecular weight excluding hydrogens is 248 g/mol. The summed E-state index contributed by atoms with van der Waals surface area (Å²) in [7, 11) is 0.